The van der Waals surface area contributed by atoms with Crippen molar-refractivity contribution in [3.8, 4) is 0 Å². The Hall–Kier alpha value is -2.38. The van der Waals surface area contributed by atoms with Crippen molar-refractivity contribution in [1.29, 1.82) is 0 Å². The number of benzene rings is 1. The van der Waals surface area contributed by atoms with Gasteiger partial charge in [-0.15, -0.1) is 0 Å². The summed E-state index contributed by atoms with van der Waals surface area (Å²) in [6.07, 6.45) is -5.17. The van der Waals surface area contributed by atoms with Crippen molar-refractivity contribution in [3.05, 3.63) is 29.3 Å². The van der Waals surface area contributed by atoms with Gasteiger partial charge in [0, 0.05) is 0 Å². The lowest BCUT2D eigenvalue weighted by Crippen LogP contribution is -2.53. The van der Waals surface area contributed by atoms with Gasteiger partial charge in [-0.25, -0.2) is 9.69 Å². The van der Waals surface area contributed by atoms with E-state index in [1.54, 1.807) is 0 Å². The molecule has 1 aliphatic rings. The highest BCUT2D eigenvalue weighted by Crippen LogP contribution is 2.34. The van der Waals surface area contributed by atoms with Crippen LogP contribution in [0.2, 0.25) is 0 Å². The Kier molecular flexibility index (Phi) is 3.24. The van der Waals surface area contributed by atoms with Crippen LogP contribution >= 0.6 is 0 Å². The van der Waals surface area contributed by atoms with Gasteiger partial charge in [0.25, 0.3) is 0 Å². The van der Waals surface area contributed by atoms with Crippen molar-refractivity contribution in [2.24, 2.45) is 0 Å². The van der Waals surface area contributed by atoms with Crippen molar-refractivity contribution in [2.75, 3.05) is 4.90 Å². The maximum Gasteiger partial charge on any atom is 0.416 e. The third-order valence-corrected chi connectivity index (χ3v) is 2.80. The molecule has 4 amide bonds. The highest BCUT2D eigenvalue weighted by atomic mass is 19.4. The summed E-state index contributed by atoms with van der Waals surface area (Å²) in [5.41, 5.74) is -1.19. The molecule has 0 aliphatic carbocycles. The molecule has 0 radical (unpaired) electrons. The number of hydrogen-bond donors (Lipinski definition) is 1. The largest absolute Gasteiger partial charge is 0.416 e. The molecular formula is C12H9F3N2O3. The first-order valence-electron chi connectivity index (χ1n) is 5.55. The zero-order chi connectivity index (χ0) is 15.1. The fourth-order valence-corrected chi connectivity index (χ4v) is 1.86. The van der Waals surface area contributed by atoms with Gasteiger partial charge in [0.05, 0.1) is 11.3 Å². The van der Waals surface area contributed by atoms with E-state index >= 15 is 0 Å². The lowest BCUT2D eigenvalue weighted by atomic mass is 10.1. The third-order valence-electron chi connectivity index (χ3n) is 2.80. The number of halogens is 3. The topological polar surface area (TPSA) is 66.5 Å². The van der Waals surface area contributed by atoms with Gasteiger partial charge in [0.1, 0.15) is 6.42 Å². The second-order valence-electron chi connectivity index (χ2n) is 4.26. The number of aryl methyl sites for hydroxylation is 1. The predicted octanol–water partition coefficient (Wildman–Crippen LogP) is 1.99. The molecule has 1 saturated heterocycles. The van der Waals surface area contributed by atoms with Crippen molar-refractivity contribution in [3.63, 3.8) is 0 Å². The highest BCUT2D eigenvalue weighted by molar-refractivity contribution is 6.26. The van der Waals surface area contributed by atoms with Crippen molar-refractivity contribution >= 4 is 23.5 Å². The summed E-state index contributed by atoms with van der Waals surface area (Å²) in [6.45, 7) is 1.27. The summed E-state index contributed by atoms with van der Waals surface area (Å²) in [6, 6.07) is 2.04. The summed E-state index contributed by atoms with van der Waals surface area (Å²) < 4.78 is 38.4. The Morgan fingerprint density at radius 3 is 2.40 bits per heavy atom. The SMILES string of the molecule is Cc1ccc(N2C(=O)CC(=O)NC2=O)cc1C(F)(F)F. The zero-order valence-corrected chi connectivity index (χ0v) is 10.2. The maximum absolute atomic E-state index is 12.8. The minimum absolute atomic E-state index is 0.0257. The fraction of sp³-hybridized carbons (Fsp3) is 0.250. The molecule has 0 spiro atoms. The molecule has 1 N–H and O–H groups in total. The van der Waals surface area contributed by atoms with Crippen molar-refractivity contribution in [1.82, 2.24) is 5.32 Å². The Morgan fingerprint density at radius 1 is 1.20 bits per heavy atom. The number of nitrogens with zero attached hydrogens (tertiary/aromatic N) is 1. The van der Waals surface area contributed by atoms with E-state index in [1.807, 2.05) is 5.32 Å². The third kappa shape index (κ3) is 2.49. The molecule has 0 saturated carbocycles. The number of imide groups is 2. The lowest BCUT2D eigenvalue weighted by molar-refractivity contribution is -0.138. The number of urea groups is 1. The van der Waals surface area contributed by atoms with Gasteiger partial charge in [-0.2, -0.15) is 13.2 Å². The Morgan fingerprint density at radius 2 is 1.85 bits per heavy atom. The van der Waals surface area contributed by atoms with E-state index in [4.69, 9.17) is 0 Å². The number of alkyl halides is 3. The van der Waals surface area contributed by atoms with Crippen LogP contribution in [0.1, 0.15) is 17.5 Å². The second kappa shape index (κ2) is 4.62. The number of anilines is 1. The number of carbonyl (C=O) groups excluding carboxylic acids is 3. The molecule has 106 valence electrons. The van der Waals surface area contributed by atoms with Crippen molar-refractivity contribution in [2.45, 2.75) is 19.5 Å². The number of barbiturate groups is 1. The molecule has 1 aromatic rings. The molecule has 2 rings (SSSR count). The first-order chi connectivity index (χ1) is 9.20. The molecule has 0 aromatic heterocycles. The van der Waals surface area contributed by atoms with Gasteiger partial charge in [0.15, 0.2) is 0 Å². The number of carbonyl (C=O) groups is 3. The quantitative estimate of drug-likeness (QED) is 0.803. The molecule has 20 heavy (non-hydrogen) atoms. The van der Waals surface area contributed by atoms with Crippen LogP contribution in [-0.2, 0) is 15.8 Å². The van der Waals surface area contributed by atoms with Crippen LogP contribution in [0.5, 0.6) is 0 Å². The normalized spacial score (nSPS) is 16.4. The number of rotatable bonds is 1. The number of amides is 4. The van der Waals surface area contributed by atoms with Crippen LogP contribution in [-0.4, -0.2) is 17.8 Å². The van der Waals surface area contributed by atoms with Crippen LogP contribution in [0.4, 0.5) is 23.7 Å². The molecule has 1 aliphatic heterocycles. The van der Waals surface area contributed by atoms with Crippen LogP contribution in [0.15, 0.2) is 18.2 Å². The summed E-state index contributed by atoms with van der Waals surface area (Å²) in [7, 11) is 0. The predicted molar refractivity (Wildman–Crippen MR) is 61.8 cm³/mol. The summed E-state index contributed by atoms with van der Waals surface area (Å²) in [5, 5.41) is 1.88. The molecule has 8 heteroatoms. The Bertz CT molecular complexity index is 590. The number of hydrogen-bond acceptors (Lipinski definition) is 3. The molecule has 1 fully saturated rings. The molecule has 0 unspecified atom stereocenters. The van der Waals surface area contributed by atoms with E-state index in [2.05, 4.69) is 0 Å². The first-order valence-corrected chi connectivity index (χ1v) is 5.55. The van der Waals surface area contributed by atoms with E-state index in [9.17, 15) is 27.6 Å². The van der Waals surface area contributed by atoms with Gasteiger partial charge < -0.3 is 0 Å². The summed E-state index contributed by atoms with van der Waals surface area (Å²) in [5.74, 6) is -1.64. The molecule has 1 aromatic carbocycles. The molecule has 1 heterocycles. The highest BCUT2D eigenvalue weighted by Gasteiger charge is 2.36. The van der Waals surface area contributed by atoms with Gasteiger partial charge >= 0.3 is 12.2 Å². The van der Waals surface area contributed by atoms with Crippen LogP contribution in [0.3, 0.4) is 0 Å². The standard InChI is InChI=1S/C12H9F3N2O3/c1-6-2-3-7(4-8(6)12(13,14)15)17-10(19)5-9(18)16-11(17)20/h2-4H,5H2,1H3,(H,16,18,20). The summed E-state index contributed by atoms with van der Waals surface area (Å²) in [4.78, 5) is 34.7. The van der Waals surface area contributed by atoms with Gasteiger partial charge in [-0.1, -0.05) is 6.07 Å². The molecule has 0 atom stereocenters. The molecule has 0 bridgehead atoms. The molecular weight excluding hydrogens is 277 g/mol. The minimum Gasteiger partial charge on any atom is -0.277 e. The van der Waals surface area contributed by atoms with Crippen LogP contribution in [0, 0.1) is 6.92 Å². The maximum atomic E-state index is 12.8. The van der Waals surface area contributed by atoms with E-state index in [1.165, 1.54) is 13.0 Å². The van der Waals surface area contributed by atoms with Gasteiger partial charge in [-0.3, -0.25) is 14.9 Å². The number of nitrogens with one attached hydrogen (secondary N) is 1. The van der Waals surface area contributed by atoms with Crippen LogP contribution in [0.25, 0.3) is 0 Å². The second-order valence-corrected chi connectivity index (χ2v) is 4.26. The average Bonchev–Trinajstić information content (AvgIpc) is 2.28. The molecule has 5 nitrogen and oxygen atoms in total. The Balaban J connectivity index is 2.46. The van der Waals surface area contributed by atoms with E-state index < -0.39 is 36.0 Å². The minimum atomic E-state index is -4.59. The monoisotopic (exact) mass is 286 g/mol. The summed E-state index contributed by atoms with van der Waals surface area (Å²) >= 11 is 0. The Labute approximate surface area is 111 Å². The van der Waals surface area contributed by atoms with Gasteiger partial charge in [-0.05, 0) is 24.6 Å². The smallest absolute Gasteiger partial charge is 0.277 e. The van der Waals surface area contributed by atoms with Crippen LogP contribution < -0.4 is 10.2 Å². The van der Waals surface area contributed by atoms with Crippen molar-refractivity contribution < 1.29 is 27.6 Å². The zero-order valence-electron chi connectivity index (χ0n) is 10.2. The van der Waals surface area contributed by atoms with E-state index in [-0.39, 0.29) is 11.3 Å². The fourth-order valence-electron chi connectivity index (χ4n) is 1.86. The first kappa shape index (κ1) is 14.0. The van der Waals surface area contributed by atoms with Gasteiger partial charge in [0.2, 0.25) is 11.8 Å². The average molecular weight is 286 g/mol. The van der Waals surface area contributed by atoms with E-state index in [0.717, 1.165) is 6.07 Å². The lowest BCUT2D eigenvalue weighted by Gasteiger charge is -2.25. The van der Waals surface area contributed by atoms with E-state index in [0.29, 0.717) is 11.0 Å².